The van der Waals surface area contributed by atoms with Gasteiger partial charge in [0.2, 0.25) is 0 Å². The summed E-state index contributed by atoms with van der Waals surface area (Å²) in [6.07, 6.45) is 0.347. The van der Waals surface area contributed by atoms with Gasteiger partial charge in [-0.2, -0.15) is 0 Å². The number of carboxylic acid groups (broad SMARTS) is 1. The number of hydrogen-bond donors (Lipinski definition) is 2. The number of amides is 1. The van der Waals surface area contributed by atoms with E-state index in [0.717, 1.165) is 5.69 Å². The first-order valence-electron chi connectivity index (χ1n) is 5.43. The van der Waals surface area contributed by atoms with Gasteiger partial charge in [0.05, 0.1) is 11.3 Å². The van der Waals surface area contributed by atoms with Crippen LogP contribution in [0.15, 0.2) is 12.1 Å². The predicted octanol–water partition coefficient (Wildman–Crippen LogP) is 1.29. The molecule has 0 bridgehead atoms. The Hall–Kier alpha value is -1.91. The molecule has 1 aromatic heterocycles. The molecule has 1 aromatic rings. The first-order valence-corrected chi connectivity index (χ1v) is 5.43. The molecule has 0 aliphatic rings. The van der Waals surface area contributed by atoms with Crippen molar-refractivity contribution in [2.45, 2.75) is 33.2 Å². The topological polar surface area (TPSA) is 79.3 Å². The second kappa shape index (κ2) is 5.43. The van der Waals surface area contributed by atoms with E-state index in [4.69, 9.17) is 5.11 Å². The number of aryl methyl sites for hydroxylation is 2. The minimum Gasteiger partial charge on any atom is -0.480 e. The molecule has 5 nitrogen and oxygen atoms in total. The number of aromatic nitrogens is 1. The van der Waals surface area contributed by atoms with Crippen LogP contribution in [0.2, 0.25) is 0 Å². The van der Waals surface area contributed by atoms with Crippen molar-refractivity contribution >= 4 is 11.9 Å². The minimum atomic E-state index is -1.03. The normalized spacial score (nSPS) is 11.9. The van der Waals surface area contributed by atoms with Gasteiger partial charge in [0.1, 0.15) is 6.04 Å². The SMILES string of the molecule is CC[C@@H](NC(=O)c1ccc(C)nc1C)C(=O)O. The fourth-order valence-corrected chi connectivity index (χ4v) is 1.50. The van der Waals surface area contributed by atoms with Gasteiger partial charge < -0.3 is 10.4 Å². The molecular weight excluding hydrogens is 220 g/mol. The maximum Gasteiger partial charge on any atom is 0.326 e. The molecule has 1 rings (SSSR count). The third-order valence-electron chi connectivity index (χ3n) is 2.48. The van der Waals surface area contributed by atoms with Crippen molar-refractivity contribution in [2.24, 2.45) is 0 Å². The van der Waals surface area contributed by atoms with E-state index in [1.807, 2.05) is 6.92 Å². The summed E-state index contributed by atoms with van der Waals surface area (Å²) in [4.78, 5) is 26.8. The number of rotatable bonds is 4. The van der Waals surface area contributed by atoms with Crippen LogP contribution in [0.4, 0.5) is 0 Å². The van der Waals surface area contributed by atoms with Gasteiger partial charge in [-0.15, -0.1) is 0 Å². The van der Waals surface area contributed by atoms with Gasteiger partial charge in [-0.3, -0.25) is 9.78 Å². The van der Waals surface area contributed by atoms with Crippen molar-refractivity contribution in [3.05, 3.63) is 29.1 Å². The lowest BCUT2D eigenvalue weighted by Gasteiger charge is -2.13. The predicted molar refractivity (Wildman–Crippen MR) is 62.9 cm³/mol. The highest BCUT2D eigenvalue weighted by Gasteiger charge is 2.19. The Morgan fingerprint density at radius 1 is 1.41 bits per heavy atom. The van der Waals surface area contributed by atoms with Gasteiger partial charge in [-0.25, -0.2) is 4.79 Å². The van der Waals surface area contributed by atoms with Crippen LogP contribution in [0.5, 0.6) is 0 Å². The summed E-state index contributed by atoms with van der Waals surface area (Å²) in [6.45, 7) is 5.27. The highest BCUT2D eigenvalue weighted by molar-refractivity contribution is 5.97. The Labute approximate surface area is 99.9 Å². The van der Waals surface area contributed by atoms with E-state index < -0.39 is 17.9 Å². The number of nitrogens with zero attached hydrogens (tertiary/aromatic N) is 1. The van der Waals surface area contributed by atoms with Gasteiger partial charge in [0, 0.05) is 5.69 Å². The van der Waals surface area contributed by atoms with Crippen LogP contribution >= 0.6 is 0 Å². The number of carboxylic acids is 1. The van der Waals surface area contributed by atoms with Gasteiger partial charge in [-0.05, 0) is 32.4 Å². The Morgan fingerprint density at radius 3 is 2.53 bits per heavy atom. The molecule has 92 valence electrons. The molecule has 1 amide bonds. The summed E-state index contributed by atoms with van der Waals surface area (Å²) in [5.74, 6) is -1.43. The monoisotopic (exact) mass is 236 g/mol. The zero-order valence-corrected chi connectivity index (χ0v) is 10.2. The van der Waals surface area contributed by atoms with E-state index in [2.05, 4.69) is 10.3 Å². The molecule has 0 saturated heterocycles. The molecule has 0 radical (unpaired) electrons. The number of hydrogen-bond acceptors (Lipinski definition) is 3. The fraction of sp³-hybridized carbons (Fsp3) is 0.417. The maximum atomic E-state index is 11.8. The van der Waals surface area contributed by atoms with E-state index in [1.54, 1.807) is 26.0 Å². The van der Waals surface area contributed by atoms with Gasteiger partial charge in [0.25, 0.3) is 5.91 Å². The molecule has 0 aliphatic heterocycles. The summed E-state index contributed by atoms with van der Waals surface area (Å²) >= 11 is 0. The first kappa shape index (κ1) is 13.2. The minimum absolute atomic E-state index is 0.347. The van der Waals surface area contributed by atoms with Gasteiger partial charge in [0.15, 0.2) is 0 Å². The van der Waals surface area contributed by atoms with Crippen molar-refractivity contribution in [1.29, 1.82) is 0 Å². The number of nitrogens with one attached hydrogen (secondary N) is 1. The third-order valence-corrected chi connectivity index (χ3v) is 2.48. The van der Waals surface area contributed by atoms with Crippen molar-refractivity contribution < 1.29 is 14.7 Å². The zero-order chi connectivity index (χ0) is 13.0. The standard InChI is InChI=1S/C12H16N2O3/c1-4-10(12(16)17)14-11(15)9-6-5-7(2)13-8(9)3/h5-6,10H,4H2,1-3H3,(H,14,15)(H,16,17)/t10-/m1/s1. The number of carbonyl (C=O) groups excluding carboxylic acids is 1. The second-order valence-corrected chi connectivity index (χ2v) is 3.86. The quantitative estimate of drug-likeness (QED) is 0.825. The molecule has 0 fully saturated rings. The fourth-order valence-electron chi connectivity index (χ4n) is 1.50. The molecule has 0 aliphatic carbocycles. The molecule has 0 spiro atoms. The van der Waals surface area contributed by atoms with Gasteiger partial charge in [-0.1, -0.05) is 6.92 Å². The molecular formula is C12H16N2O3. The molecule has 0 aromatic carbocycles. The van der Waals surface area contributed by atoms with Gasteiger partial charge >= 0.3 is 5.97 Å². The van der Waals surface area contributed by atoms with Crippen LogP contribution in [-0.4, -0.2) is 28.0 Å². The third kappa shape index (κ3) is 3.27. The lowest BCUT2D eigenvalue weighted by atomic mass is 10.1. The van der Waals surface area contributed by atoms with Crippen molar-refractivity contribution in [3.8, 4) is 0 Å². The van der Waals surface area contributed by atoms with E-state index in [1.165, 1.54) is 0 Å². The summed E-state index contributed by atoms with van der Waals surface area (Å²) < 4.78 is 0. The second-order valence-electron chi connectivity index (χ2n) is 3.86. The number of carbonyl (C=O) groups is 2. The molecule has 2 N–H and O–H groups in total. The summed E-state index contributed by atoms with van der Waals surface area (Å²) in [5, 5.41) is 11.3. The van der Waals surface area contributed by atoms with Crippen LogP contribution in [0, 0.1) is 13.8 Å². The average molecular weight is 236 g/mol. The molecule has 0 unspecified atom stereocenters. The summed E-state index contributed by atoms with van der Waals surface area (Å²) in [5.41, 5.74) is 1.84. The van der Waals surface area contributed by atoms with Crippen molar-refractivity contribution in [1.82, 2.24) is 10.3 Å². The lowest BCUT2D eigenvalue weighted by molar-refractivity contribution is -0.139. The number of pyridine rings is 1. The van der Waals surface area contributed by atoms with Crippen molar-refractivity contribution in [3.63, 3.8) is 0 Å². The van der Waals surface area contributed by atoms with Crippen LogP contribution in [0.3, 0.4) is 0 Å². The van der Waals surface area contributed by atoms with Crippen LogP contribution in [-0.2, 0) is 4.79 Å². The Morgan fingerprint density at radius 2 is 2.06 bits per heavy atom. The molecule has 17 heavy (non-hydrogen) atoms. The molecule has 0 saturated carbocycles. The molecule has 1 atom stereocenters. The smallest absolute Gasteiger partial charge is 0.326 e. The zero-order valence-electron chi connectivity index (χ0n) is 10.2. The largest absolute Gasteiger partial charge is 0.480 e. The molecule has 1 heterocycles. The van der Waals surface area contributed by atoms with E-state index >= 15 is 0 Å². The lowest BCUT2D eigenvalue weighted by Crippen LogP contribution is -2.40. The van der Waals surface area contributed by atoms with Crippen LogP contribution in [0.1, 0.15) is 35.1 Å². The first-order chi connectivity index (χ1) is 7.95. The Bertz CT molecular complexity index is 443. The molecule has 5 heteroatoms. The average Bonchev–Trinajstić information content (AvgIpc) is 2.24. The van der Waals surface area contributed by atoms with Crippen molar-refractivity contribution in [2.75, 3.05) is 0 Å². The maximum absolute atomic E-state index is 11.8. The van der Waals surface area contributed by atoms with Crippen LogP contribution in [0.25, 0.3) is 0 Å². The summed E-state index contributed by atoms with van der Waals surface area (Å²) in [6, 6.07) is 2.52. The number of aliphatic carboxylic acids is 1. The highest BCUT2D eigenvalue weighted by atomic mass is 16.4. The summed E-state index contributed by atoms with van der Waals surface area (Å²) in [7, 11) is 0. The Balaban J connectivity index is 2.86. The Kier molecular flexibility index (Phi) is 4.20. The van der Waals surface area contributed by atoms with E-state index in [0.29, 0.717) is 17.7 Å². The van der Waals surface area contributed by atoms with E-state index in [9.17, 15) is 9.59 Å². The van der Waals surface area contributed by atoms with E-state index in [-0.39, 0.29) is 0 Å². The van der Waals surface area contributed by atoms with Crippen LogP contribution < -0.4 is 5.32 Å². The highest BCUT2D eigenvalue weighted by Crippen LogP contribution is 2.07.